The Labute approximate surface area is 118 Å². The molecule has 0 radical (unpaired) electrons. The monoisotopic (exact) mass is 269 g/mol. The van der Waals surface area contributed by atoms with E-state index < -0.39 is 0 Å². The van der Waals surface area contributed by atoms with Crippen molar-refractivity contribution in [1.29, 1.82) is 0 Å². The van der Waals surface area contributed by atoms with Crippen molar-refractivity contribution in [2.24, 2.45) is 0 Å². The molecule has 2 N–H and O–H groups in total. The summed E-state index contributed by atoms with van der Waals surface area (Å²) in [5.41, 5.74) is 8.52. The van der Waals surface area contributed by atoms with Crippen molar-refractivity contribution < 1.29 is 4.79 Å². The van der Waals surface area contributed by atoms with Crippen molar-refractivity contribution >= 4 is 30.2 Å². The van der Waals surface area contributed by atoms with Crippen LogP contribution in [0, 0.1) is 0 Å². The molecule has 3 heteroatoms. The first-order chi connectivity index (χ1) is 9.22. The minimum absolute atomic E-state index is 0.0563. The molecule has 2 aromatic rings. The molecular formula is C16H15NOS. The van der Waals surface area contributed by atoms with Crippen molar-refractivity contribution in [3.05, 3.63) is 71.3 Å². The molecular weight excluding hydrogens is 254 g/mol. The number of carbonyl (C=O) groups excluding carboxylic acids is 1. The lowest BCUT2D eigenvalue weighted by Crippen LogP contribution is -2.05. The van der Waals surface area contributed by atoms with Gasteiger partial charge in [0.25, 0.3) is 0 Å². The summed E-state index contributed by atoms with van der Waals surface area (Å²) in [6.45, 7) is 0. The van der Waals surface area contributed by atoms with Crippen molar-refractivity contribution in [2.75, 3.05) is 11.5 Å². The third-order valence-electron chi connectivity index (χ3n) is 2.77. The predicted octanol–water partition coefficient (Wildman–Crippen LogP) is 3.44. The smallest absolute Gasteiger partial charge is 0.195 e. The highest BCUT2D eigenvalue weighted by molar-refractivity contribution is 7.80. The van der Waals surface area contributed by atoms with Crippen LogP contribution in [0.4, 0.5) is 5.69 Å². The Bertz CT molecular complexity index is 605. The molecule has 0 fully saturated rings. The Hall–Kier alpha value is -2.00. The van der Waals surface area contributed by atoms with Gasteiger partial charge in [0, 0.05) is 22.6 Å². The summed E-state index contributed by atoms with van der Waals surface area (Å²) < 4.78 is 0. The van der Waals surface area contributed by atoms with E-state index in [1.54, 1.807) is 18.2 Å². The number of benzene rings is 2. The Morgan fingerprint density at radius 1 is 1.16 bits per heavy atom. The first-order valence-electron chi connectivity index (χ1n) is 5.99. The summed E-state index contributed by atoms with van der Waals surface area (Å²) >= 11 is 4.12. The van der Waals surface area contributed by atoms with E-state index in [9.17, 15) is 4.79 Å². The van der Waals surface area contributed by atoms with Crippen LogP contribution in [-0.4, -0.2) is 11.5 Å². The second-order valence-corrected chi connectivity index (χ2v) is 4.49. The number of thiol groups is 1. The Morgan fingerprint density at radius 2 is 1.89 bits per heavy atom. The molecule has 0 aliphatic carbocycles. The minimum Gasteiger partial charge on any atom is -0.398 e. The van der Waals surface area contributed by atoms with Crippen LogP contribution in [0.1, 0.15) is 21.5 Å². The summed E-state index contributed by atoms with van der Waals surface area (Å²) in [6, 6.07) is 14.6. The zero-order valence-corrected chi connectivity index (χ0v) is 11.3. The van der Waals surface area contributed by atoms with Crippen LogP contribution >= 0.6 is 12.6 Å². The van der Waals surface area contributed by atoms with E-state index in [1.807, 2.05) is 42.5 Å². The largest absolute Gasteiger partial charge is 0.398 e. The second-order valence-electron chi connectivity index (χ2n) is 4.13. The first kappa shape index (κ1) is 13.4. The fraction of sp³-hybridized carbons (Fsp3) is 0.0625. The van der Waals surface area contributed by atoms with Crippen molar-refractivity contribution in [1.82, 2.24) is 0 Å². The highest BCUT2D eigenvalue weighted by Gasteiger charge is 2.12. The maximum Gasteiger partial charge on any atom is 0.195 e. The molecule has 2 rings (SSSR count). The molecule has 0 heterocycles. The first-order valence-corrected chi connectivity index (χ1v) is 6.62. The van der Waals surface area contributed by atoms with E-state index in [2.05, 4.69) is 12.6 Å². The van der Waals surface area contributed by atoms with Gasteiger partial charge in [-0.3, -0.25) is 4.79 Å². The van der Waals surface area contributed by atoms with Gasteiger partial charge in [-0.2, -0.15) is 12.6 Å². The third kappa shape index (κ3) is 3.26. The number of ketones is 1. The summed E-state index contributed by atoms with van der Waals surface area (Å²) in [6.07, 6.45) is 3.85. The third-order valence-corrected chi connectivity index (χ3v) is 2.98. The number of rotatable bonds is 4. The van der Waals surface area contributed by atoms with Gasteiger partial charge < -0.3 is 5.73 Å². The van der Waals surface area contributed by atoms with Crippen LogP contribution in [0.2, 0.25) is 0 Å². The van der Waals surface area contributed by atoms with E-state index in [1.165, 1.54) is 0 Å². The van der Waals surface area contributed by atoms with Crippen molar-refractivity contribution in [3.8, 4) is 0 Å². The molecule has 0 saturated carbocycles. The maximum absolute atomic E-state index is 12.4. The van der Waals surface area contributed by atoms with E-state index in [4.69, 9.17) is 5.73 Å². The molecule has 96 valence electrons. The van der Waals surface area contributed by atoms with Gasteiger partial charge in [-0.15, -0.1) is 0 Å². The molecule has 0 aliphatic rings. The molecule has 0 spiro atoms. The Balaban J connectivity index is 2.39. The quantitative estimate of drug-likeness (QED) is 0.507. The topological polar surface area (TPSA) is 43.1 Å². The summed E-state index contributed by atoms with van der Waals surface area (Å²) in [4.78, 5) is 12.4. The summed E-state index contributed by atoms with van der Waals surface area (Å²) in [5, 5.41) is 0. The van der Waals surface area contributed by atoms with Gasteiger partial charge in [0.2, 0.25) is 0 Å². The van der Waals surface area contributed by atoms with Crippen LogP contribution in [0.3, 0.4) is 0 Å². The van der Waals surface area contributed by atoms with Gasteiger partial charge in [0.05, 0.1) is 0 Å². The van der Waals surface area contributed by atoms with Gasteiger partial charge in [0.15, 0.2) is 5.78 Å². The molecule has 0 aromatic heterocycles. The van der Waals surface area contributed by atoms with Crippen LogP contribution in [-0.2, 0) is 0 Å². The van der Waals surface area contributed by atoms with E-state index in [-0.39, 0.29) is 5.78 Å². The minimum atomic E-state index is -0.0563. The standard InChI is InChI=1S/C16H15NOS/c17-15-9-8-12(5-4-10-19)11-14(15)16(18)13-6-2-1-3-7-13/h1-9,11,19H,10,17H2. The molecule has 19 heavy (non-hydrogen) atoms. The number of hydrogen-bond donors (Lipinski definition) is 2. The highest BCUT2D eigenvalue weighted by Crippen LogP contribution is 2.19. The van der Waals surface area contributed by atoms with Gasteiger partial charge in [-0.25, -0.2) is 0 Å². The molecule has 2 nitrogen and oxygen atoms in total. The van der Waals surface area contributed by atoms with Crippen LogP contribution in [0.15, 0.2) is 54.6 Å². The lowest BCUT2D eigenvalue weighted by molar-refractivity contribution is 0.103. The number of anilines is 1. The average Bonchev–Trinajstić information content (AvgIpc) is 2.46. The van der Waals surface area contributed by atoms with Crippen LogP contribution < -0.4 is 5.73 Å². The summed E-state index contributed by atoms with van der Waals surface area (Å²) in [7, 11) is 0. The number of hydrogen-bond acceptors (Lipinski definition) is 3. The zero-order chi connectivity index (χ0) is 13.7. The van der Waals surface area contributed by atoms with E-state index >= 15 is 0 Å². The number of nitrogen functional groups attached to an aromatic ring is 1. The fourth-order valence-electron chi connectivity index (χ4n) is 1.81. The molecule has 0 aliphatic heterocycles. The van der Waals surface area contributed by atoms with Crippen LogP contribution in [0.25, 0.3) is 6.08 Å². The van der Waals surface area contributed by atoms with Gasteiger partial charge >= 0.3 is 0 Å². The van der Waals surface area contributed by atoms with Crippen molar-refractivity contribution in [3.63, 3.8) is 0 Å². The zero-order valence-electron chi connectivity index (χ0n) is 10.4. The second kappa shape index (κ2) is 6.25. The Morgan fingerprint density at radius 3 is 2.58 bits per heavy atom. The van der Waals surface area contributed by atoms with Crippen molar-refractivity contribution in [2.45, 2.75) is 0 Å². The fourth-order valence-corrected chi connectivity index (χ4v) is 1.91. The highest BCUT2D eigenvalue weighted by atomic mass is 32.1. The molecule has 0 unspecified atom stereocenters. The molecule has 0 bridgehead atoms. The molecule has 0 atom stereocenters. The normalized spacial score (nSPS) is 10.8. The van der Waals surface area contributed by atoms with E-state index in [0.29, 0.717) is 22.6 Å². The average molecular weight is 269 g/mol. The maximum atomic E-state index is 12.4. The predicted molar refractivity (Wildman–Crippen MR) is 83.6 cm³/mol. The van der Waals surface area contributed by atoms with Gasteiger partial charge in [-0.1, -0.05) is 48.6 Å². The van der Waals surface area contributed by atoms with E-state index in [0.717, 1.165) is 5.56 Å². The lowest BCUT2D eigenvalue weighted by Gasteiger charge is -2.06. The lowest BCUT2D eigenvalue weighted by atomic mass is 9.99. The Kier molecular flexibility index (Phi) is 4.42. The van der Waals surface area contributed by atoms with Crippen LogP contribution in [0.5, 0.6) is 0 Å². The molecule has 2 aromatic carbocycles. The molecule has 0 saturated heterocycles. The molecule has 0 amide bonds. The number of carbonyl (C=O) groups is 1. The SMILES string of the molecule is Nc1ccc(C=CCS)cc1C(=O)c1ccccc1. The van der Waals surface area contributed by atoms with Gasteiger partial charge in [0.1, 0.15) is 0 Å². The van der Waals surface area contributed by atoms with Gasteiger partial charge in [-0.05, 0) is 17.7 Å². The number of nitrogens with two attached hydrogens (primary N) is 1. The summed E-state index contributed by atoms with van der Waals surface area (Å²) in [5.74, 6) is 0.603.